The molecule has 1 rings (SSSR count). The minimum atomic E-state index is -0.206. The van der Waals surface area contributed by atoms with E-state index in [9.17, 15) is 9.59 Å². The summed E-state index contributed by atoms with van der Waals surface area (Å²) in [5.74, 6) is 0.861. The summed E-state index contributed by atoms with van der Waals surface area (Å²) in [7, 11) is 1.56. The summed E-state index contributed by atoms with van der Waals surface area (Å²) in [5.41, 5.74) is 0.775. The largest absolute Gasteiger partial charge is 0.463 e. The Bertz CT molecular complexity index is 270. The zero-order valence-electron chi connectivity index (χ0n) is 11.1. The highest BCUT2D eigenvalue weighted by Crippen LogP contribution is 2.30. The molecule has 5 heteroatoms. The predicted octanol–water partition coefficient (Wildman–Crippen LogP) is 2.29. The molecule has 1 aliphatic carbocycles. The lowest BCUT2D eigenvalue weighted by molar-refractivity contribution is -0.154. The molecular weight excluding hydrogens is 252 g/mol. The van der Waals surface area contributed by atoms with E-state index in [4.69, 9.17) is 9.47 Å². The summed E-state index contributed by atoms with van der Waals surface area (Å²) in [6, 6.07) is 0. The number of thioether (sulfide) groups is 1. The number of ether oxygens (including phenoxy) is 2. The van der Waals surface area contributed by atoms with E-state index < -0.39 is 0 Å². The molecule has 0 saturated heterocycles. The summed E-state index contributed by atoms with van der Waals surface area (Å²) < 4.78 is 10.5. The number of carbonyl (C=O) groups is 2. The Balaban J connectivity index is 2.31. The second kappa shape index (κ2) is 8.53. The van der Waals surface area contributed by atoms with Crippen LogP contribution in [0, 0.1) is 11.8 Å². The zero-order chi connectivity index (χ0) is 13.4. The fourth-order valence-corrected chi connectivity index (χ4v) is 2.80. The van der Waals surface area contributed by atoms with Crippen molar-refractivity contribution in [3.63, 3.8) is 0 Å². The molecule has 0 amide bonds. The summed E-state index contributed by atoms with van der Waals surface area (Å²) >= 11 is 1.13. The van der Waals surface area contributed by atoms with Crippen LogP contribution in [0.5, 0.6) is 0 Å². The molecule has 0 heterocycles. The quantitative estimate of drug-likeness (QED) is 0.526. The molecule has 1 saturated carbocycles. The van der Waals surface area contributed by atoms with Crippen molar-refractivity contribution in [2.45, 2.75) is 38.7 Å². The Hall–Kier alpha value is -0.550. The van der Waals surface area contributed by atoms with Gasteiger partial charge < -0.3 is 9.47 Å². The first-order chi connectivity index (χ1) is 8.69. The minimum Gasteiger partial charge on any atom is -0.463 e. The molecular formula is C13H22O4S. The molecule has 1 fully saturated rings. The number of rotatable bonds is 7. The van der Waals surface area contributed by atoms with Gasteiger partial charge in [-0.15, -0.1) is 0 Å². The van der Waals surface area contributed by atoms with Crippen LogP contribution in [0.25, 0.3) is 0 Å². The van der Waals surface area contributed by atoms with Crippen molar-refractivity contribution in [2.24, 2.45) is 11.8 Å². The van der Waals surface area contributed by atoms with Crippen LogP contribution in [-0.4, -0.2) is 37.2 Å². The molecule has 0 aliphatic heterocycles. The van der Waals surface area contributed by atoms with Crippen molar-refractivity contribution >= 4 is 23.3 Å². The maximum absolute atomic E-state index is 11.9. The van der Waals surface area contributed by atoms with Crippen molar-refractivity contribution < 1.29 is 19.1 Å². The topological polar surface area (TPSA) is 52.6 Å². The summed E-state index contributed by atoms with van der Waals surface area (Å²) in [6.45, 7) is 2.35. The maximum Gasteiger partial charge on any atom is 0.309 e. The molecule has 18 heavy (non-hydrogen) atoms. The monoisotopic (exact) mass is 274 g/mol. The highest BCUT2D eigenvalue weighted by molar-refractivity contribution is 8.11. The smallest absolute Gasteiger partial charge is 0.309 e. The Morgan fingerprint density at radius 2 is 2.17 bits per heavy atom. The number of hydrogen-bond acceptors (Lipinski definition) is 5. The molecule has 0 aromatic rings. The third-order valence-electron chi connectivity index (χ3n) is 3.51. The first-order valence-corrected chi connectivity index (χ1v) is 7.48. The van der Waals surface area contributed by atoms with E-state index in [0.717, 1.165) is 36.6 Å². The van der Waals surface area contributed by atoms with E-state index in [0.29, 0.717) is 11.7 Å². The predicted molar refractivity (Wildman–Crippen MR) is 72.1 cm³/mol. The van der Waals surface area contributed by atoms with Gasteiger partial charge in [0.1, 0.15) is 12.7 Å². The van der Waals surface area contributed by atoms with Crippen LogP contribution in [0.3, 0.4) is 0 Å². The lowest BCUT2D eigenvalue weighted by Gasteiger charge is -2.27. The van der Waals surface area contributed by atoms with E-state index in [1.807, 2.05) is 0 Å². The fourth-order valence-electron chi connectivity index (χ4n) is 2.28. The molecule has 0 N–H and O–H groups in total. The van der Waals surface area contributed by atoms with Gasteiger partial charge in [-0.2, -0.15) is 0 Å². The molecule has 0 radical (unpaired) electrons. The zero-order valence-corrected chi connectivity index (χ0v) is 11.9. The molecule has 4 nitrogen and oxygen atoms in total. The maximum atomic E-state index is 11.9. The van der Waals surface area contributed by atoms with E-state index in [1.54, 1.807) is 7.11 Å². The first kappa shape index (κ1) is 15.5. The van der Waals surface area contributed by atoms with Gasteiger partial charge in [0, 0.05) is 12.9 Å². The van der Waals surface area contributed by atoms with Crippen molar-refractivity contribution in [2.75, 3.05) is 19.5 Å². The third-order valence-corrected chi connectivity index (χ3v) is 4.21. The standard InChI is InChI=1S/C13H22O4S/c1-10-5-3-4-6-12(10)13(15)17-7-11(16-2)8-18-9-14/h9-12H,3-8H2,1-2H3. The van der Waals surface area contributed by atoms with Crippen LogP contribution in [-0.2, 0) is 19.1 Å². The van der Waals surface area contributed by atoms with Crippen molar-refractivity contribution in [3.05, 3.63) is 0 Å². The van der Waals surface area contributed by atoms with Crippen LogP contribution in [0.15, 0.2) is 0 Å². The van der Waals surface area contributed by atoms with Crippen molar-refractivity contribution in [1.29, 1.82) is 0 Å². The summed E-state index contributed by atoms with van der Waals surface area (Å²) in [6.07, 6.45) is 4.15. The molecule has 0 bridgehead atoms. The van der Waals surface area contributed by atoms with Gasteiger partial charge in [0.15, 0.2) is 5.62 Å². The third kappa shape index (κ3) is 4.98. The second-order valence-corrected chi connectivity index (χ2v) is 5.64. The molecule has 104 valence electrons. The van der Waals surface area contributed by atoms with Gasteiger partial charge in [-0.25, -0.2) is 0 Å². The lowest BCUT2D eigenvalue weighted by atomic mass is 9.80. The highest BCUT2D eigenvalue weighted by Gasteiger charge is 2.29. The average molecular weight is 274 g/mol. The Morgan fingerprint density at radius 1 is 1.44 bits per heavy atom. The minimum absolute atomic E-state index is 0.0370. The summed E-state index contributed by atoms with van der Waals surface area (Å²) in [5, 5.41) is 0. The van der Waals surface area contributed by atoms with Gasteiger partial charge in [-0.1, -0.05) is 31.5 Å². The van der Waals surface area contributed by atoms with Gasteiger partial charge >= 0.3 is 5.97 Å². The van der Waals surface area contributed by atoms with Crippen LogP contribution in [0.4, 0.5) is 0 Å². The van der Waals surface area contributed by atoms with Gasteiger partial charge in [0.25, 0.3) is 0 Å². The number of hydrogen-bond donors (Lipinski definition) is 0. The van der Waals surface area contributed by atoms with Crippen LogP contribution >= 0.6 is 11.8 Å². The van der Waals surface area contributed by atoms with Gasteiger partial charge in [0.05, 0.1) is 5.92 Å². The van der Waals surface area contributed by atoms with E-state index in [2.05, 4.69) is 6.92 Å². The van der Waals surface area contributed by atoms with Crippen molar-refractivity contribution in [3.8, 4) is 0 Å². The molecule has 0 aromatic heterocycles. The highest BCUT2D eigenvalue weighted by atomic mass is 32.2. The number of carbonyl (C=O) groups excluding carboxylic acids is 2. The summed E-state index contributed by atoms with van der Waals surface area (Å²) in [4.78, 5) is 22.2. The lowest BCUT2D eigenvalue weighted by Crippen LogP contribution is -2.30. The van der Waals surface area contributed by atoms with E-state index >= 15 is 0 Å². The molecule has 3 unspecified atom stereocenters. The second-order valence-electron chi connectivity index (χ2n) is 4.79. The van der Waals surface area contributed by atoms with Crippen molar-refractivity contribution in [1.82, 2.24) is 0 Å². The normalized spacial score (nSPS) is 25.4. The fraction of sp³-hybridized carbons (Fsp3) is 0.846. The van der Waals surface area contributed by atoms with Crippen LogP contribution in [0.1, 0.15) is 32.6 Å². The molecule has 0 spiro atoms. The van der Waals surface area contributed by atoms with Crippen LogP contribution < -0.4 is 0 Å². The average Bonchev–Trinajstić information content (AvgIpc) is 2.39. The number of esters is 1. The van der Waals surface area contributed by atoms with Gasteiger partial charge in [0.2, 0.25) is 0 Å². The first-order valence-electron chi connectivity index (χ1n) is 6.43. The molecule has 1 aliphatic rings. The SMILES string of the molecule is COC(COC(=O)C1CCCCC1C)CSC=O. The van der Waals surface area contributed by atoms with Gasteiger partial charge in [-0.05, 0) is 18.8 Å². The Kier molecular flexibility index (Phi) is 7.35. The molecule has 0 aromatic carbocycles. The Morgan fingerprint density at radius 3 is 2.78 bits per heavy atom. The Labute approximate surface area is 113 Å². The molecule has 3 atom stereocenters. The van der Waals surface area contributed by atoms with E-state index in [-0.39, 0.29) is 24.6 Å². The van der Waals surface area contributed by atoms with Crippen LogP contribution in [0.2, 0.25) is 0 Å². The van der Waals surface area contributed by atoms with Gasteiger partial charge in [-0.3, -0.25) is 9.59 Å². The van der Waals surface area contributed by atoms with E-state index in [1.165, 1.54) is 6.42 Å². The number of methoxy groups -OCH3 is 1.